The summed E-state index contributed by atoms with van der Waals surface area (Å²) in [5.41, 5.74) is -0.915. The van der Waals surface area contributed by atoms with Crippen LogP contribution in [-0.2, 0) is 0 Å². The van der Waals surface area contributed by atoms with Crippen molar-refractivity contribution < 1.29 is 19.6 Å². The number of hydrogen-bond donors (Lipinski definition) is 2. The molecule has 1 rings (SSSR count). The molecule has 0 saturated heterocycles. The van der Waals surface area contributed by atoms with Crippen LogP contribution in [-0.4, -0.2) is 21.7 Å². The Morgan fingerprint density at radius 1 is 1.47 bits per heavy atom. The quantitative estimate of drug-likeness (QED) is 0.475. The Morgan fingerprint density at radius 2 is 2.05 bits per heavy atom. The number of nitro benzene ring substituents is 1. The summed E-state index contributed by atoms with van der Waals surface area (Å²) in [6, 6.07) is 2.59. The maximum atomic E-state index is 10.9. The van der Waals surface area contributed by atoms with E-state index in [-0.39, 0.29) is 11.4 Å². The number of rotatable bonds is 3. The van der Waals surface area contributed by atoms with Crippen molar-refractivity contribution in [3.8, 4) is 5.75 Å². The Kier molecular flexibility index (Phi) is 4.56. The molecule has 0 saturated carbocycles. The van der Waals surface area contributed by atoms with Crippen LogP contribution >= 0.6 is 22.6 Å². The van der Waals surface area contributed by atoms with Crippen molar-refractivity contribution >= 4 is 40.1 Å². The van der Waals surface area contributed by atoms with Gasteiger partial charge in [-0.25, -0.2) is 4.79 Å². The summed E-state index contributed by atoms with van der Waals surface area (Å²) in [4.78, 5) is 20.9. The summed E-state index contributed by atoms with van der Waals surface area (Å²) in [6.45, 7) is 5.48. The average molecular weight is 380 g/mol. The van der Waals surface area contributed by atoms with Crippen LogP contribution in [0.3, 0.4) is 0 Å². The third-order valence-electron chi connectivity index (χ3n) is 1.90. The standard InChI is InChI=1S/C11H13IN2O5/c1-11(2,3)19-9-5-7(13-10(15)16)8(14(17)18)4-6(9)12/h4-5,13H,1-3H3,(H,15,16). The first kappa shape index (κ1) is 15.5. The van der Waals surface area contributed by atoms with Crippen LogP contribution in [0.4, 0.5) is 16.2 Å². The normalized spacial score (nSPS) is 10.9. The van der Waals surface area contributed by atoms with Gasteiger partial charge >= 0.3 is 6.09 Å². The number of anilines is 1. The molecule has 8 heteroatoms. The lowest BCUT2D eigenvalue weighted by Gasteiger charge is -2.22. The van der Waals surface area contributed by atoms with Crippen molar-refractivity contribution in [2.75, 3.05) is 5.32 Å². The summed E-state index contributed by atoms with van der Waals surface area (Å²) in [7, 11) is 0. The fourth-order valence-corrected chi connectivity index (χ4v) is 1.88. The van der Waals surface area contributed by atoms with Gasteiger partial charge in [-0.2, -0.15) is 0 Å². The minimum Gasteiger partial charge on any atom is -0.487 e. The second kappa shape index (κ2) is 5.59. The molecule has 2 N–H and O–H groups in total. The molecule has 0 aliphatic rings. The molecule has 104 valence electrons. The van der Waals surface area contributed by atoms with Gasteiger partial charge in [-0.05, 0) is 43.4 Å². The van der Waals surface area contributed by atoms with E-state index in [0.717, 1.165) is 0 Å². The van der Waals surface area contributed by atoms with Crippen molar-refractivity contribution in [3.63, 3.8) is 0 Å². The van der Waals surface area contributed by atoms with E-state index in [1.54, 1.807) is 0 Å². The van der Waals surface area contributed by atoms with Crippen molar-refractivity contribution in [2.24, 2.45) is 0 Å². The van der Waals surface area contributed by atoms with E-state index >= 15 is 0 Å². The highest BCUT2D eigenvalue weighted by Gasteiger charge is 2.22. The lowest BCUT2D eigenvalue weighted by Crippen LogP contribution is -2.23. The molecule has 0 bridgehead atoms. The van der Waals surface area contributed by atoms with Crippen molar-refractivity contribution in [3.05, 3.63) is 25.8 Å². The van der Waals surface area contributed by atoms with Gasteiger partial charge in [-0.15, -0.1) is 0 Å². The van der Waals surface area contributed by atoms with E-state index in [1.807, 2.05) is 48.7 Å². The molecule has 1 aromatic rings. The van der Waals surface area contributed by atoms with Gasteiger partial charge in [0.05, 0.1) is 8.49 Å². The smallest absolute Gasteiger partial charge is 0.409 e. The molecule has 7 nitrogen and oxygen atoms in total. The summed E-state index contributed by atoms with van der Waals surface area (Å²) in [6.07, 6.45) is -1.37. The Balaban J connectivity index is 3.29. The van der Waals surface area contributed by atoms with Crippen LogP contribution < -0.4 is 10.1 Å². The van der Waals surface area contributed by atoms with E-state index in [2.05, 4.69) is 0 Å². The first-order valence-electron chi connectivity index (χ1n) is 5.27. The molecule has 0 aliphatic carbocycles. The number of nitro groups is 1. The summed E-state index contributed by atoms with van der Waals surface area (Å²) in [5, 5.41) is 21.6. The Hall–Kier alpha value is -1.58. The number of carboxylic acid groups (broad SMARTS) is 1. The highest BCUT2D eigenvalue weighted by atomic mass is 127. The SMILES string of the molecule is CC(C)(C)Oc1cc(NC(=O)O)c([N+](=O)[O-])cc1I. The third kappa shape index (κ3) is 4.54. The molecule has 1 aromatic carbocycles. The number of amides is 1. The van der Waals surface area contributed by atoms with Gasteiger partial charge in [0, 0.05) is 12.1 Å². The minimum absolute atomic E-state index is 0.114. The Bertz CT molecular complexity index is 525. The van der Waals surface area contributed by atoms with Crippen LogP contribution in [0.25, 0.3) is 0 Å². The van der Waals surface area contributed by atoms with E-state index in [9.17, 15) is 14.9 Å². The number of hydrogen-bond acceptors (Lipinski definition) is 4. The van der Waals surface area contributed by atoms with Crippen molar-refractivity contribution in [1.29, 1.82) is 0 Å². The highest BCUT2D eigenvalue weighted by molar-refractivity contribution is 14.1. The molecule has 0 aromatic heterocycles. The van der Waals surface area contributed by atoms with Gasteiger partial charge in [-0.3, -0.25) is 15.4 Å². The molecule has 0 atom stereocenters. The van der Waals surface area contributed by atoms with Crippen LogP contribution in [0.15, 0.2) is 12.1 Å². The van der Waals surface area contributed by atoms with Crippen LogP contribution in [0.2, 0.25) is 0 Å². The van der Waals surface area contributed by atoms with Crippen LogP contribution in [0.5, 0.6) is 5.75 Å². The molecule has 0 unspecified atom stereocenters. The molecule has 0 aliphatic heterocycles. The molecule has 19 heavy (non-hydrogen) atoms. The van der Waals surface area contributed by atoms with Gasteiger partial charge in [0.2, 0.25) is 0 Å². The maximum Gasteiger partial charge on any atom is 0.409 e. The fraction of sp³-hybridized carbons (Fsp3) is 0.364. The number of ether oxygens (including phenoxy) is 1. The zero-order valence-electron chi connectivity index (χ0n) is 10.6. The zero-order chi connectivity index (χ0) is 14.8. The number of benzene rings is 1. The van der Waals surface area contributed by atoms with Crippen molar-refractivity contribution in [1.82, 2.24) is 0 Å². The summed E-state index contributed by atoms with van der Waals surface area (Å²) < 4.78 is 6.16. The minimum atomic E-state index is -1.37. The predicted molar refractivity (Wildman–Crippen MR) is 77.8 cm³/mol. The molecule has 0 heterocycles. The van der Waals surface area contributed by atoms with Gasteiger partial charge in [0.25, 0.3) is 5.69 Å². The lowest BCUT2D eigenvalue weighted by atomic mass is 10.2. The number of nitrogens with zero attached hydrogens (tertiary/aromatic N) is 1. The third-order valence-corrected chi connectivity index (χ3v) is 2.75. The molecule has 1 amide bonds. The van der Waals surface area contributed by atoms with E-state index in [4.69, 9.17) is 9.84 Å². The maximum absolute atomic E-state index is 10.9. The largest absolute Gasteiger partial charge is 0.487 e. The van der Waals surface area contributed by atoms with E-state index < -0.39 is 16.6 Å². The second-order valence-electron chi connectivity index (χ2n) is 4.70. The van der Waals surface area contributed by atoms with Crippen LogP contribution in [0.1, 0.15) is 20.8 Å². The second-order valence-corrected chi connectivity index (χ2v) is 5.86. The van der Waals surface area contributed by atoms with Gasteiger partial charge < -0.3 is 9.84 Å². The molecular formula is C11H13IN2O5. The van der Waals surface area contributed by atoms with Gasteiger partial charge in [-0.1, -0.05) is 0 Å². The zero-order valence-corrected chi connectivity index (χ0v) is 12.7. The number of carbonyl (C=O) groups is 1. The topological polar surface area (TPSA) is 102 Å². The Morgan fingerprint density at radius 3 is 2.47 bits per heavy atom. The fourth-order valence-electron chi connectivity index (χ4n) is 1.32. The predicted octanol–water partition coefficient (Wildman–Crippen LogP) is 3.47. The molecule has 0 fully saturated rings. The van der Waals surface area contributed by atoms with Gasteiger partial charge in [0.15, 0.2) is 0 Å². The average Bonchev–Trinajstić information content (AvgIpc) is 2.19. The first-order valence-corrected chi connectivity index (χ1v) is 6.35. The number of halogens is 1. The first-order chi connectivity index (χ1) is 8.60. The summed E-state index contributed by atoms with van der Waals surface area (Å²) >= 11 is 1.91. The highest BCUT2D eigenvalue weighted by Crippen LogP contribution is 2.35. The van der Waals surface area contributed by atoms with Crippen molar-refractivity contribution in [2.45, 2.75) is 26.4 Å². The van der Waals surface area contributed by atoms with Crippen LogP contribution in [0, 0.1) is 13.7 Å². The molecular weight excluding hydrogens is 367 g/mol. The summed E-state index contributed by atoms with van der Waals surface area (Å²) in [5.74, 6) is 0.391. The van der Waals surface area contributed by atoms with Gasteiger partial charge in [0.1, 0.15) is 17.0 Å². The molecule has 0 spiro atoms. The lowest BCUT2D eigenvalue weighted by molar-refractivity contribution is -0.384. The molecule has 0 radical (unpaired) electrons. The van der Waals surface area contributed by atoms with E-state index in [0.29, 0.717) is 9.32 Å². The number of nitrogens with one attached hydrogen (secondary N) is 1. The monoisotopic (exact) mass is 380 g/mol. The Labute approximate surface area is 123 Å². The van der Waals surface area contributed by atoms with E-state index in [1.165, 1.54) is 12.1 Å².